The average molecular weight is 609 g/mol. The summed E-state index contributed by atoms with van der Waals surface area (Å²) < 4.78 is 46.4. The topological polar surface area (TPSA) is 186 Å². The summed E-state index contributed by atoms with van der Waals surface area (Å²) in [6, 6.07) is -1.85. The quantitative estimate of drug-likeness (QED) is 0.215. The van der Waals surface area contributed by atoms with Crippen molar-refractivity contribution >= 4 is 28.9 Å². The number of likely N-dealkylation sites (N-methyl/N-ethyl adjacent to an activating group) is 1. The number of benzene rings is 1. The van der Waals surface area contributed by atoms with Crippen molar-refractivity contribution in [3.63, 3.8) is 0 Å². The molecule has 2 fully saturated rings. The lowest BCUT2D eigenvalue weighted by molar-refractivity contribution is -0.275. The van der Waals surface area contributed by atoms with Gasteiger partial charge in [0.2, 0.25) is 5.78 Å². The van der Waals surface area contributed by atoms with E-state index >= 15 is 0 Å². The van der Waals surface area contributed by atoms with Crippen LogP contribution in [0.5, 0.6) is 11.5 Å². The average Bonchev–Trinajstić information content (AvgIpc) is 3.28. The molecule has 6 rings (SSSR count). The molecular weight excluding hydrogens is 577 g/mol. The fraction of sp³-hybridized carbons (Fsp3) is 0.536. The number of amides is 1. The Kier molecular flexibility index (Phi) is 6.35. The van der Waals surface area contributed by atoms with Crippen LogP contribution >= 0.6 is 0 Å². The third-order valence-corrected chi connectivity index (χ3v) is 9.71. The van der Waals surface area contributed by atoms with E-state index in [9.17, 15) is 48.0 Å². The minimum atomic E-state index is -5.14. The highest BCUT2D eigenvalue weighted by Crippen LogP contribution is 2.59. The third kappa shape index (κ3) is 3.90. The molecule has 0 unspecified atom stereocenters. The molecule has 2 aliphatic heterocycles. The minimum absolute atomic E-state index is 0.0758. The van der Waals surface area contributed by atoms with E-state index in [-0.39, 0.29) is 35.6 Å². The third-order valence-electron chi connectivity index (χ3n) is 9.71. The summed E-state index contributed by atoms with van der Waals surface area (Å²) in [6.07, 6.45) is -5.05. The van der Waals surface area contributed by atoms with E-state index in [4.69, 9.17) is 5.73 Å². The van der Waals surface area contributed by atoms with E-state index < -0.39 is 93.1 Å². The number of fused-ring (bicyclic) bond motifs is 6. The highest BCUT2D eigenvalue weighted by atomic mass is 19.4. The molecule has 1 aromatic rings. The fourth-order valence-corrected chi connectivity index (χ4v) is 7.99. The number of likely N-dealkylation sites (tertiary alicyclic amines) is 1. The first kappa shape index (κ1) is 29.3. The molecule has 1 saturated heterocycles. The Bertz CT molecular complexity index is 1550. The van der Waals surface area contributed by atoms with Crippen molar-refractivity contribution in [2.24, 2.45) is 23.5 Å². The summed E-state index contributed by atoms with van der Waals surface area (Å²) in [5, 5.41) is 48.6. The van der Waals surface area contributed by atoms with Crippen molar-refractivity contribution in [1.82, 2.24) is 9.80 Å². The highest BCUT2D eigenvalue weighted by molar-refractivity contribution is 6.24. The molecule has 15 heteroatoms. The van der Waals surface area contributed by atoms with Gasteiger partial charge in [0, 0.05) is 35.2 Å². The van der Waals surface area contributed by atoms with Crippen LogP contribution in [0.4, 0.5) is 18.9 Å². The van der Waals surface area contributed by atoms with Crippen molar-refractivity contribution < 1.29 is 52.7 Å². The number of nitrogens with one attached hydrogen (secondary N) is 1. The number of phenols is 1. The summed E-state index contributed by atoms with van der Waals surface area (Å²) in [7, 11) is 4.66. The largest absolute Gasteiger partial charge is 0.573 e. The number of rotatable bonds is 3. The maximum Gasteiger partial charge on any atom is 0.573 e. The molecule has 12 nitrogen and oxygen atoms in total. The van der Waals surface area contributed by atoms with Crippen LogP contribution in [-0.4, -0.2) is 99.9 Å². The molecule has 1 aromatic carbocycles. The Labute approximate surface area is 243 Å². The zero-order valence-corrected chi connectivity index (χ0v) is 23.4. The molecule has 0 radical (unpaired) electrons. The molecule has 6 atom stereocenters. The second-order valence-corrected chi connectivity index (χ2v) is 12.2. The number of ether oxygens (including phenoxy) is 1. The zero-order chi connectivity index (χ0) is 31.5. The van der Waals surface area contributed by atoms with Gasteiger partial charge in [-0.15, -0.1) is 13.2 Å². The number of primary amides is 1. The monoisotopic (exact) mass is 608 g/mol. The van der Waals surface area contributed by atoms with Crippen LogP contribution in [-0.2, 0) is 20.8 Å². The predicted molar refractivity (Wildman–Crippen MR) is 143 cm³/mol. The van der Waals surface area contributed by atoms with Crippen molar-refractivity contribution in [3.8, 4) is 11.5 Å². The number of Topliss-reactive ketones (excluding diaryl/α,β-unsaturated/α-hetero) is 2. The van der Waals surface area contributed by atoms with Gasteiger partial charge in [-0.25, -0.2) is 0 Å². The number of carbonyl (C=O) groups excluding carboxylic acids is 3. The number of hydrogen-bond donors (Lipinski definition) is 6. The Hall–Kier alpha value is -3.82. The van der Waals surface area contributed by atoms with E-state index in [1.807, 2.05) is 4.90 Å². The summed E-state index contributed by atoms with van der Waals surface area (Å²) in [6.45, 7) is 0.922. The number of anilines is 1. The van der Waals surface area contributed by atoms with Gasteiger partial charge >= 0.3 is 6.36 Å². The molecule has 43 heavy (non-hydrogen) atoms. The number of halogens is 3. The predicted octanol–water partition coefficient (Wildman–Crippen LogP) is 1.28. The van der Waals surface area contributed by atoms with Crippen LogP contribution < -0.4 is 15.8 Å². The van der Waals surface area contributed by atoms with Gasteiger partial charge in [0.1, 0.15) is 22.8 Å². The normalized spacial score (nSPS) is 32.1. The first-order chi connectivity index (χ1) is 20.0. The minimum Gasteiger partial charge on any atom is -0.508 e. The highest BCUT2D eigenvalue weighted by Gasteiger charge is 2.64. The lowest BCUT2D eigenvalue weighted by Crippen LogP contribution is -2.65. The number of carbonyl (C=O) groups is 3. The van der Waals surface area contributed by atoms with Crippen LogP contribution in [0, 0.1) is 17.8 Å². The van der Waals surface area contributed by atoms with Gasteiger partial charge in [-0.2, -0.15) is 0 Å². The van der Waals surface area contributed by atoms with Crippen molar-refractivity contribution in [2.45, 2.75) is 43.3 Å². The van der Waals surface area contributed by atoms with Crippen LogP contribution in [0.25, 0.3) is 5.76 Å². The zero-order valence-electron chi connectivity index (χ0n) is 23.4. The van der Waals surface area contributed by atoms with E-state index in [0.717, 1.165) is 0 Å². The first-order valence-corrected chi connectivity index (χ1v) is 13.8. The number of alkyl halides is 3. The number of aromatic hydroxyl groups is 1. The van der Waals surface area contributed by atoms with Crippen LogP contribution in [0.1, 0.15) is 35.6 Å². The Balaban J connectivity index is 1.61. The van der Waals surface area contributed by atoms with E-state index in [2.05, 4.69) is 10.1 Å². The number of hydrogen-bond acceptors (Lipinski definition) is 11. The SMILES string of the molecule is CN(C)[C@@H]1C(=O)C(C(N)=O)=C(O)[C@@]2(O)C(=O)C3=C(O)c4c(O)c5c(c(OC(F)(F)F)c4C[C@H]3C[C@@H]12)[C@@H]1[C@@H](CCN1C)CN5. The second-order valence-electron chi connectivity index (χ2n) is 12.2. The van der Waals surface area contributed by atoms with Gasteiger partial charge in [-0.1, -0.05) is 0 Å². The summed E-state index contributed by atoms with van der Waals surface area (Å²) in [5.41, 5.74) is 0.402. The van der Waals surface area contributed by atoms with Gasteiger partial charge in [0.15, 0.2) is 17.1 Å². The molecule has 7 N–H and O–H groups in total. The van der Waals surface area contributed by atoms with Crippen LogP contribution in [0.3, 0.4) is 0 Å². The summed E-state index contributed by atoms with van der Waals surface area (Å²) >= 11 is 0. The molecule has 1 amide bonds. The van der Waals surface area contributed by atoms with Gasteiger partial charge in [0.05, 0.1) is 17.3 Å². The Morgan fingerprint density at radius 1 is 1.21 bits per heavy atom. The number of aliphatic hydroxyl groups is 3. The molecule has 3 aliphatic carbocycles. The number of nitrogens with zero attached hydrogens (tertiary/aromatic N) is 2. The number of aliphatic hydroxyl groups excluding tert-OH is 2. The van der Waals surface area contributed by atoms with Gasteiger partial charge in [-0.05, 0) is 58.8 Å². The van der Waals surface area contributed by atoms with Gasteiger partial charge in [-0.3, -0.25) is 24.2 Å². The molecule has 0 aromatic heterocycles. The molecule has 232 valence electrons. The van der Waals surface area contributed by atoms with Gasteiger partial charge in [0.25, 0.3) is 5.91 Å². The Morgan fingerprint density at radius 3 is 2.49 bits per heavy atom. The molecule has 5 aliphatic rings. The van der Waals surface area contributed by atoms with Crippen molar-refractivity contribution in [3.05, 3.63) is 33.6 Å². The molecular formula is C28H31F3N4O8. The van der Waals surface area contributed by atoms with Crippen LogP contribution in [0.15, 0.2) is 16.9 Å². The second kappa shape index (κ2) is 9.34. The van der Waals surface area contributed by atoms with Crippen LogP contribution in [0.2, 0.25) is 0 Å². The summed E-state index contributed by atoms with van der Waals surface area (Å²) in [5.74, 6) is -9.39. The van der Waals surface area contributed by atoms with Gasteiger partial charge < -0.3 is 36.2 Å². The lowest BCUT2D eigenvalue weighted by Gasteiger charge is -2.50. The Morgan fingerprint density at radius 2 is 1.88 bits per heavy atom. The van der Waals surface area contributed by atoms with E-state index in [1.165, 1.54) is 19.0 Å². The molecule has 0 bridgehead atoms. The molecule has 2 heterocycles. The smallest absolute Gasteiger partial charge is 0.508 e. The summed E-state index contributed by atoms with van der Waals surface area (Å²) in [4.78, 5) is 42.7. The lowest BCUT2D eigenvalue weighted by atomic mass is 9.57. The number of ketones is 2. The van der Waals surface area contributed by atoms with Crippen molar-refractivity contribution in [2.75, 3.05) is 39.5 Å². The maximum atomic E-state index is 14.0. The number of nitrogens with two attached hydrogens (primary N) is 1. The number of phenolic OH excluding ortho intramolecular Hbond substituents is 1. The molecule has 0 spiro atoms. The van der Waals surface area contributed by atoms with Crippen molar-refractivity contribution in [1.29, 1.82) is 0 Å². The fourth-order valence-electron chi connectivity index (χ4n) is 7.99. The van der Waals surface area contributed by atoms with E-state index in [0.29, 0.717) is 19.5 Å². The first-order valence-electron chi connectivity index (χ1n) is 13.8. The standard InChI is InChI=1S/C28H31F3N4O8/c1-34(2)19-12-7-10-6-11-14(20(36)13(10)24(39)27(12,42)25(40)16(22(19)38)26(32)41)21(37)17-15(23(11)43-28(29,30)31)18-9(8-33-17)4-5-35(18)3/h9-10,12,18-19,33,36-37,40,42H,4-8H2,1-3H3,(H2,32,41)/t9-,10-,12-,18-,19-,27-/m0/s1. The maximum absolute atomic E-state index is 14.0. The molecule has 1 saturated carbocycles. The van der Waals surface area contributed by atoms with E-state index in [1.54, 1.807) is 7.05 Å².